The van der Waals surface area contributed by atoms with Crippen molar-refractivity contribution in [2.45, 2.75) is 29.7 Å². The molecule has 0 bridgehead atoms. The van der Waals surface area contributed by atoms with E-state index in [0.29, 0.717) is 29.8 Å². The van der Waals surface area contributed by atoms with Crippen LogP contribution in [-0.2, 0) is 6.42 Å². The van der Waals surface area contributed by atoms with E-state index in [1.54, 1.807) is 0 Å². The zero-order valence-corrected chi connectivity index (χ0v) is 14.7. The van der Waals surface area contributed by atoms with E-state index in [1.807, 2.05) is 41.3 Å². The molecule has 7 heteroatoms. The number of benzene rings is 1. The average Bonchev–Trinajstić information content (AvgIpc) is 3.17. The molecule has 1 unspecified atom stereocenters. The number of nitrogens with one attached hydrogen (secondary N) is 1. The number of hydrogen-bond donors (Lipinski definition) is 2. The van der Waals surface area contributed by atoms with Crippen molar-refractivity contribution in [1.29, 1.82) is 0 Å². The first-order chi connectivity index (χ1) is 10.3. The molecule has 2 N–H and O–H groups in total. The molecule has 2 aliphatic rings. The predicted octanol–water partition coefficient (Wildman–Crippen LogP) is 2.38. The summed E-state index contributed by atoms with van der Waals surface area (Å²) in [6, 6.07) is 7.56. The molecule has 1 aliphatic heterocycles. The van der Waals surface area contributed by atoms with Crippen LogP contribution in [0.5, 0.6) is 0 Å². The molecule has 4 nitrogen and oxygen atoms in total. The van der Waals surface area contributed by atoms with Crippen LogP contribution >= 0.6 is 35.4 Å². The normalized spacial score (nSPS) is 23.3. The van der Waals surface area contributed by atoms with Gasteiger partial charge in [-0.1, -0.05) is 29.8 Å². The van der Waals surface area contributed by atoms with Crippen molar-refractivity contribution in [3.8, 4) is 0 Å². The van der Waals surface area contributed by atoms with Crippen LogP contribution in [0.3, 0.4) is 0 Å². The Bertz CT molecular complexity index is 596. The van der Waals surface area contributed by atoms with E-state index in [9.17, 15) is 5.11 Å². The molecule has 1 saturated carbocycles. The van der Waals surface area contributed by atoms with E-state index in [1.165, 1.54) is 0 Å². The SMILES string of the molecule is CN1CNC(=S)N1CC(O)(Cc1ccccc1Cl)C1(Cl)CC1. The smallest absolute Gasteiger partial charge is 0.184 e. The third kappa shape index (κ3) is 2.93. The van der Waals surface area contributed by atoms with Crippen molar-refractivity contribution >= 4 is 40.5 Å². The van der Waals surface area contributed by atoms with Crippen LogP contribution in [0.1, 0.15) is 18.4 Å². The highest BCUT2D eigenvalue weighted by atomic mass is 35.5. The highest BCUT2D eigenvalue weighted by Crippen LogP contribution is 2.53. The van der Waals surface area contributed by atoms with E-state index in [0.717, 1.165) is 18.4 Å². The highest BCUT2D eigenvalue weighted by molar-refractivity contribution is 7.80. The number of thiocarbonyl (C=S) groups is 1. The largest absolute Gasteiger partial charge is 0.386 e. The second-order valence-corrected chi connectivity index (χ2v) is 7.64. The van der Waals surface area contributed by atoms with Gasteiger partial charge >= 0.3 is 0 Å². The van der Waals surface area contributed by atoms with Crippen molar-refractivity contribution in [3.05, 3.63) is 34.9 Å². The third-order valence-corrected chi connectivity index (χ3v) is 5.93. The molecule has 0 amide bonds. The minimum atomic E-state index is -1.09. The van der Waals surface area contributed by atoms with E-state index in [4.69, 9.17) is 35.4 Å². The van der Waals surface area contributed by atoms with E-state index >= 15 is 0 Å². The number of nitrogens with zero attached hydrogens (tertiary/aromatic N) is 2. The molecule has 1 aromatic carbocycles. The molecule has 1 heterocycles. The van der Waals surface area contributed by atoms with Crippen LogP contribution < -0.4 is 5.32 Å². The van der Waals surface area contributed by atoms with E-state index in [-0.39, 0.29) is 0 Å². The lowest BCUT2D eigenvalue weighted by atomic mass is 9.88. The van der Waals surface area contributed by atoms with Crippen molar-refractivity contribution in [2.75, 3.05) is 20.3 Å². The maximum Gasteiger partial charge on any atom is 0.184 e. The van der Waals surface area contributed by atoms with Crippen LogP contribution in [0.25, 0.3) is 0 Å². The molecule has 120 valence electrons. The van der Waals surface area contributed by atoms with Gasteiger partial charge in [0.15, 0.2) is 5.11 Å². The fourth-order valence-corrected chi connectivity index (χ4v) is 3.53. The fraction of sp³-hybridized carbons (Fsp3) is 0.533. The van der Waals surface area contributed by atoms with Gasteiger partial charge in [-0.05, 0) is 36.7 Å². The molecule has 0 aromatic heterocycles. The van der Waals surface area contributed by atoms with Gasteiger partial charge < -0.3 is 10.4 Å². The molecule has 1 saturated heterocycles. The van der Waals surface area contributed by atoms with Crippen molar-refractivity contribution in [3.63, 3.8) is 0 Å². The molecule has 0 radical (unpaired) electrons. The number of rotatable bonds is 5. The Balaban J connectivity index is 1.86. The lowest BCUT2D eigenvalue weighted by Gasteiger charge is -2.38. The first-order valence-corrected chi connectivity index (χ1v) is 8.42. The number of β-amino-alcohol motifs (C(OH)–C–C–N with tert-alkyl or cyclic N) is 1. The zero-order valence-electron chi connectivity index (χ0n) is 12.4. The molecular formula is C15H19Cl2N3OS. The van der Waals surface area contributed by atoms with Crippen LogP contribution in [0, 0.1) is 0 Å². The van der Waals surface area contributed by atoms with Gasteiger partial charge in [0.1, 0.15) is 5.60 Å². The van der Waals surface area contributed by atoms with E-state index in [2.05, 4.69) is 5.32 Å². The van der Waals surface area contributed by atoms with Crippen LogP contribution in [-0.4, -0.2) is 51.0 Å². The Labute approximate surface area is 146 Å². The van der Waals surface area contributed by atoms with E-state index < -0.39 is 10.5 Å². The van der Waals surface area contributed by atoms with Crippen molar-refractivity contribution in [2.24, 2.45) is 0 Å². The Hall–Kier alpha value is -0.590. The number of alkyl halides is 1. The van der Waals surface area contributed by atoms with Gasteiger partial charge in [-0.15, -0.1) is 11.6 Å². The summed E-state index contributed by atoms with van der Waals surface area (Å²) in [6.07, 6.45) is 2.00. The fourth-order valence-electron chi connectivity index (χ4n) is 2.84. The second kappa shape index (κ2) is 5.80. The maximum absolute atomic E-state index is 11.3. The Morgan fingerprint density at radius 3 is 2.64 bits per heavy atom. The summed E-state index contributed by atoms with van der Waals surface area (Å²) in [5, 5.41) is 19.5. The Morgan fingerprint density at radius 1 is 1.41 bits per heavy atom. The zero-order chi connectivity index (χ0) is 16.0. The standard InChI is InChI=1S/C15H19Cl2N3OS/c1-19-10-18-13(22)20(19)9-15(21,14(17)6-7-14)8-11-4-2-3-5-12(11)16/h2-5,21H,6-10H2,1H3,(H,18,22). The number of hydrogen-bond acceptors (Lipinski definition) is 3. The van der Waals surface area contributed by atoms with Gasteiger partial charge in [-0.25, -0.2) is 5.01 Å². The van der Waals surface area contributed by atoms with Gasteiger partial charge in [-0.2, -0.15) is 0 Å². The molecule has 1 aromatic rings. The lowest BCUT2D eigenvalue weighted by Crippen LogP contribution is -2.55. The topological polar surface area (TPSA) is 38.7 Å². The average molecular weight is 360 g/mol. The Morgan fingerprint density at radius 2 is 2.09 bits per heavy atom. The summed E-state index contributed by atoms with van der Waals surface area (Å²) in [5.74, 6) is 0. The summed E-state index contributed by atoms with van der Waals surface area (Å²) in [4.78, 5) is -0.606. The molecule has 2 fully saturated rings. The number of hydrazine groups is 1. The molecule has 1 aliphatic carbocycles. The molecule has 0 spiro atoms. The molecule has 1 atom stereocenters. The third-order valence-electron chi connectivity index (χ3n) is 4.48. The lowest BCUT2D eigenvalue weighted by molar-refractivity contribution is -0.0327. The van der Waals surface area contributed by atoms with Crippen LogP contribution in [0.4, 0.5) is 0 Å². The summed E-state index contributed by atoms with van der Waals surface area (Å²) >= 11 is 18.2. The minimum Gasteiger partial charge on any atom is -0.386 e. The minimum absolute atomic E-state index is 0.351. The van der Waals surface area contributed by atoms with Gasteiger partial charge in [0.25, 0.3) is 0 Å². The maximum atomic E-state index is 11.3. The predicted molar refractivity (Wildman–Crippen MR) is 93.0 cm³/mol. The summed E-state index contributed by atoms with van der Waals surface area (Å²) in [5.41, 5.74) is -0.191. The highest BCUT2D eigenvalue weighted by Gasteiger charge is 2.59. The quantitative estimate of drug-likeness (QED) is 0.623. The first kappa shape index (κ1) is 16.3. The van der Waals surface area contributed by atoms with Gasteiger partial charge in [0.2, 0.25) is 0 Å². The van der Waals surface area contributed by atoms with Gasteiger partial charge in [0, 0.05) is 18.5 Å². The number of aliphatic hydroxyl groups is 1. The monoisotopic (exact) mass is 359 g/mol. The molecule has 22 heavy (non-hydrogen) atoms. The molecular weight excluding hydrogens is 341 g/mol. The van der Waals surface area contributed by atoms with Crippen LogP contribution in [0.15, 0.2) is 24.3 Å². The summed E-state index contributed by atoms with van der Waals surface area (Å²) in [7, 11) is 1.93. The van der Waals surface area contributed by atoms with Crippen molar-refractivity contribution < 1.29 is 5.11 Å². The first-order valence-electron chi connectivity index (χ1n) is 7.26. The summed E-state index contributed by atoms with van der Waals surface area (Å²) in [6.45, 7) is 0.986. The van der Waals surface area contributed by atoms with Crippen LogP contribution in [0.2, 0.25) is 5.02 Å². The molecule has 3 rings (SSSR count). The van der Waals surface area contributed by atoms with Gasteiger partial charge in [-0.3, -0.25) is 5.01 Å². The van der Waals surface area contributed by atoms with Gasteiger partial charge in [0.05, 0.1) is 18.1 Å². The Kier molecular flexibility index (Phi) is 4.29. The second-order valence-electron chi connectivity index (χ2n) is 6.12. The number of halogens is 2. The van der Waals surface area contributed by atoms with Crippen molar-refractivity contribution in [1.82, 2.24) is 15.3 Å². The summed E-state index contributed by atoms with van der Waals surface area (Å²) < 4.78 is 0.